The fourth-order valence-electron chi connectivity index (χ4n) is 1.74. The third kappa shape index (κ3) is 2.78. The Balaban J connectivity index is 2.56. The summed E-state index contributed by atoms with van der Waals surface area (Å²) in [5.74, 6) is -2.71. The van der Waals surface area contributed by atoms with Crippen LogP contribution >= 0.6 is 27.5 Å². The first-order valence-electron chi connectivity index (χ1n) is 5.25. The van der Waals surface area contributed by atoms with Gasteiger partial charge in [-0.05, 0) is 29.8 Å². The monoisotopic (exact) mass is 349 g/mol. The SMILES string of the molecule is NC(c1cc(F)c(F)cc1Cl)c1c(F)cccc1Br. The molecule has 2 N–H and O–H groups in total. The van der Waals surface area contributed by atoms with Crippen molar-refractivity contribution >= 4 is 27.5 Å². The van der Waals surface area contributed by atoms with Crippen LogP contribution in [0.15, 0.2) is 34.8 Å². The minimum Gasteiger partial charge on any atom is -0.320 e. The molecule has 0 aliphatic carbocycles. The molecule has 0 bridgehead atoms. The molecule has 0 fully saturated rings. The standard InChI is InChI=1S/C13H8BrClF3N/c14-7-2-1-3-9(16)12(7)13(19)6-4-10(17)11(18)5-8(6)15/h1-5,13H,19H2. The molecular weight excluding hydrogens is 343 g/mol. The molecule has 0 heterocycles. The Hall–Kier alpha value is -1.04. The Kier molecular flexibility index (Phi) is 4.18. The van der Waals surface area contributed by atoms with E-state index in [4.69, 9.17) is 17.3 Å². The average molecular weight is 351 g/mol. The highest BCUT2D eigenvalue weighted by molar-refractivity contribution is 9.10. The summed E-state index contributed by atoms with van der Waals surface area (Å²) in [5.41, 5.74) is 6.15. The summed E-state index contributed by atoms with van der Waals surface area (Å²) >= 11 is 9.00. The first-order chi connectivity index (χ1) is 8.91. The van der Waals surface area contributed by atoms with Gasteiger partial charge in [0.2, 0.25) is 0 Å². The Bertz CT molecular complexity index is 613. The van der Waals surface area contributed by atoms with E-state index in [-0.39, 0.29) is 16.1 Å². The molecule has 0 spiro atoms. The number of hydrogen-bond donors (Lipinski definition) is 1. The topological polar surface area (TPSA) is 26.0 Å². The summed E-state index contributed by atoms with van der Waals surface area (Å²) in [6.07, 6.45) is 0. The van der Waals surface area contributed by atoms with Crippen LogP contribution in [-0.2, 0) is 0 Å². The van der Waals surface area contributed by atoms with Crippen molar-refractivity contribution in [3.63, 3.8) is 0 Å². The average Bonchev–Trinajstić information content (AvgIpc) is 2.33. The van der Waals surface area contributed by atoms with Crippen molar-refractivity contribution in [1.82, 2.24) is 0 Å². The lowest BCUT2D eigenvalue weighted by Crippen LogP contribution is -2.15. The molecular formula is C13H8BrClF3N. The number of hydrogen-bond acceptors (Lipinski definition) is 1. The zero-order valence-electron chi connectivity index (χ0n) is 9.43. The van der Waals surface area contributed by atoms with E-state index >= 15 is 0 Å². The molecule has 1 unspecified atom stereocenters. The van der Waals surface area contributed by atoms with Gasteiger partial charge in [-0.1, -0.05) is 33.6 Å². The van der Waals surface area contributed by atoms with E-state index in [9.17, 15) is 13.2 Å². The van der Waals surface area contributed by atoms with Crippen molar-refractivity contribution in [1.29, 1.82) is 0 Å². The second-order valence-corrected chi connectivity index (χ2v) is 5.16. The fraction of sp³-hybridized carbons (Fsp3) is 0.0769. The summed E-state index contributed by atoms with van der Waals surface area (Å²) in [6.45, 7) is 0. The molecule has 0 aliphatic heterocycles. The van der Waals surface area contributed by atoms with Crippen LogP contribution in [0.5, 0.6) is 0 Å². The van der Waals surface area contributed by atoms with Gasteiger partial charge >= 0.3 is 0 Å². The van der Waals surface area contributed by atoms with Crippen LogP contribution in [0.1, 0.15) is 17.2 Å². The van der Waals surface area contributed by atoms with Crippen molar-refractivity contribution in [2.24, 2.45) is 5.73 Å². The summed E-state index contributed by atoms with van der Waals surface area (Å²) in [7, 11) is 0. The van der Waals surface area contributed by atoms with E-state index in [1.807, 2.05) is 0 Å². The van der Waals surface area contributed by atoms with Gasteiger partial charge in [-0.3, -0.25) is 0 Å². The maximum absolute atomic E-state index is 13.8. The van der Waals surface area contributed by atoms with Gasteiger partial charge in [0.05, 0.1) is 6.04 Å². The largest absolute Gasteiger partial charge is 0.320 e. The van der Waals surface area contributed by atoms with Crippen molar-refractivity contribution in [3.05, 3.63) is 68.4 Å². The second kappa shape index (κ2) is 5.53. The van der Waals surface area contributed by atoms with Crippen LogP contribution in [-0.4, -0.2) is 0 Å². The van der Waals surface area contributed by atoms with Crippen LogP contribution in [0.4, 0.5) is 13.2 Å². The summed E-state index contributed by atoms with van der Waals surface area (Å²) in [5, 5.41) is -0.0541. The van der Waals surface area contributed by atoms with E-state index in [1.54, 1.807) is 6.07 Å². The third-order valence-corrected chi connectivity index (χ3v) is 3.70. The van der Waals surface area contributed by atoms with Crippen LogP contribution in [0.2, 0.25) is 5.02 Å². The molecule has 1 atom stereocenters. The van der Waals surface area contributed by atoms with Crippen molar-refractivity contribution in [3.8, 4) is 0 Å². The predicted molar refractivity (Wildman–Crippen MR) is 71.5 cm³/mol. The first-order valence-corrected chi connectivity index (χ1v) is 6.43. The molecule has 100 valence electrons. The third-order valence-electron chi connectivity index (χ3n) is 2.69. The van der Waals surface area contributed by atoms with E-state index in [0.717, 1.165) is 12.1 Å². The van der Waals surface area contributed by atoms with Crippen molar-refractivity contribution < 1.29 is 13.2 Å². The number of rotatable bonds is 2. The molecule has 0 radical (unpaired) electrons. The first kappa shape index (κ1) is 14.4. The van der Waals surface area contributed by atoms with Crippen LogP contribution in [0.25, 0.3) is 0 Å². The number of benzene rings is 2. The smallest absolute Gasteiger partial charge is 0.160 e. The molecule has 0 saturated heterocycles. The molecule has 2 rings (SSSR count). The zero-order chi connectivity index (χ0) is 14.2. The van der Waals surface area contributed by atoms with Gasteiger partial charge < -0.3 is 5.73 Å². The van der Waals surface area contributed by atoms with Gasteiger partial charge in [-0.25, -0.2) is 13.2 Å². The Morgan fingerprint density at radius 2 is 1.68 bits per heavy atom. The van der Waals surface area contributed by atoms with E-state index in [2.05, 4.69) is 15.9 Å². The Labute approximate surface area is 121 Å². The molecule has 0 saturated carbocycles. The lowest BCUT2D eigenvalue weighted by atomic mass is 9.99. The van der Waals surface area contributed by atoms with Gasteiger partial charge in [0.25, 0.3) is 0 Å². The lowest BCUT2D eigenvalue weighted by molar-refractivity contribution is 0.506. The van der Waals surface area contributed by atoms with Gasteiger partial charge in [0, 0.05) is 15.1 Å². The van der Waals surface area contributed by atoms with Crippen molar-refractivity contribution in [2.75, 3.05) is 0 Å². The Morgan fingerprint density at radius 3 is 2.32 bits per heavy atom. The molecule has 0 aliphatic rings. The molecule has 1 nitrogen and oxygen atoms in total. The van der Waals surface area contributed by atoms with Crippen LogP contribution < -0.4 is 5.73 Å². The molecule has 0 amide bonds. The highest BCUT2D eigenvalue weighted by Crippen LogP contribution is 2.33. The predicted octanol–water partition coefficient (Wildman–Crippen LogP) is 4.57. The lowest BCUT2D eigenvalue weighted by Gasteiger charge is -2.17. The fourth-order valence-corrected chi connectivity index (χ4v) is 2.60. The molecule has 2 aromatic carbocycles. The van der Waals surface area contributed by atoms with Gasteiger partial charge in [-0.2, -0.15) is 0 Å². The minimum atomic E-state index is -1.08. The minimum absolute atomic E-state index is 0.0541. The van der Waals surface area contributed by atoms with Crippen LogP contribution in [0, 0.1) is 17.5 Å². The molecule has 6 heteroatoms. The van der Waals surface area contributed by atoms with E-state index < -0.39 is 23.5 Å². The summed E-state index contributed by atoms with van der Waals surface area (Å²) in [4.78, 5) is 0. The number of nitrogens with two attached hydrogens (primary N) is 1. The summed E-state index contributed by atoms with van der Waals surface area (Å²) < 4.78 is 40.5. The van der Waals surface area contributed by atoms with E-state index in [1.165, 1.54) is 12.1 Å². The molecule has 19 heavy (non-hydrogen) atoms. The van der Waals surface area contributed by atoms with Crippen molar-refractivity contribution in [2.45, 2.75) is 6.04 Å². The van der Waals surface area contributed by atoms with Gasteiger partial charge in [0.15, 0.2) is 11.6 Å². The molecule has 2 aromatic rings. The molecule has 0 aromatic heterocycles. The maximum Gasteiger partial charge on any atom is 0.160 e. The zero-order valence-corrected chi connectivity index (χ0v) is 11.8. The number of halogens is 5. The normalized spacial score (nSPS) is 12.5. The quantitative estimate of drug-likeness (QED) is 0.789. The highest BCUT2D eigenvalue weighted by atomic mass is 79.9. The summed E-state index contributed by atoms with van der Waals surface area (Å²) in [6, 6.07) is 5.03. The van der Waals surface area contributed by atoms with Gasteiger partial charge in [-0.15, -0.1) is 0 Å². The van der Waals surface area contributed by atoms with Crippen LogP contribution in [0.3, 0.4) is 0 Å². The highest BCUT2D eigenvalue weighted by Gasteiger charge is 2.21. The Morgan fingerprint density at radius 1 is 1.05 bits per heavy atom. The van der Waals surface area contributed by atoms with E-state index in [0.29, 0.717) is 4.47 Å². The van der Waals surface area contributed by atoms with Gasteiger partial charge in [0.1, 0.15) is 5.82 Å². The second-order valence-electron chi connectivity index (χ2n) is 3.90. The maximum atomic E-state index is 13.8.